The van der Waals surface area contributed by atoms with Gasteiger partial charge in [0.1, 0.15) is 0 Å². The van der Waals surface area contributed by atoms with E-state index in [0.29, 0.717) is 18.4 Å². The third-order valence-corrected chi connectivity index (χ3v) is 3.87. The molecule has 5 heteroatoms. The Morgan fingerprint density at radius 2 is 2.38 bits per heavy atom. The van der Waals surface area contributed by atoms with Crippen LogP contribution < -0.4 is 5.73 Å². The fraction of sp³-hybridized carbons (Fsp3) is 0.818. The highest BCUT2D eigenvalue weighted by Gasteiger charge is 2.42. The fourth-order valence-corrected chi connectivity index (χ4v) is 2.97. The molecule has 1 heterocycles. The van der Waals surface area contributed by atoms with E-state index in [1.54, 1.807) is 0 Å². The van der Waals surface area contributed by atoms with Gasteiger partial charge in [-0.1, -0.05) is 12.1 Å². The minimum Gasteiger partial charge on any atom is -0.409 e. The Hall–Kier alpha value is -1.26. The second kappa shape index (κ2) is 4.31. The van der Waals surface area contributed by atoms with Crippen molar-refractivity contribution in [2.45, 2.75) is 38.6 Å². The zero-order valence-corrected chi connectivity index (χ0v) is 9.59. The number of hydrogen-bond donors (Lipinski definition) is 2. The van der Waals surface area contributed by atoms with Crippen molar-refractivity contribution in [2.75, 3.05) is 6.54 Å². The van der Waals surface area contributed by atoms with Gasteiger partial charge in [0.2, 0.25) is 5.91 Å². The Balaban J connectivity index is 2.06. The molecule has 16 heavy (non-hydrogen) atoms. The number of nitrogens with zero attached hydrogens (tertiary/aromatic N) is 2. The molecule has 0 radical (unpaired) electrons. The number of fused-ring (bicyclic) bond motifs is 2. The quantitative estimate of drug-likeness (QED) is 0.322. The normalized spacial score (nSPS) is 30.8. The first kappa shape index (κ1) is 11.2. The molecule has 2 aliphatic rings. The van der Waals surface area contributed by atoms with E-state index in [1.165, 1.54) is 6.42 Å². The summed E-state index contributed by atoms with van der Waals surface area (Å²) in [5, 5.41) is 11.6. The molecule has 3 unspecified atom stereocenters. The summed E-state index contributed by atoms with van der Waals surface area (Å²) in [4.78, 5) is 14.2. The highest BCUT2D eigenvalue weighted by atomic mass is 16.4. The smallest absolute Gasteiger partial charge is 0.233 e. The van der Waals surface area contributed by atoms with E-state index in [9.17, 15) is 4.79 Å². The predicted molar refractivity (Wildman–Crippen MR) is 60.0 cm³/mol. The molecule has 0 aromatic carbocycles. The number of likely N-dealkylation sites (tertiary alicyclic amines) is 1. The molecule has 0 aromatic rings. The van der Waals surface area contributed by atoms with Crippen molar-refractivity contribution in [1.29, 1.82) is 0 Å². The number of amidine groups is 1. The van der Waals surface area contributed by atoms with Crippen LogP contribution in [0.1, 0.15) is 32.6 Å². The molecule has 1 aliphatic heterocycles. The van der Waals surface area contributed by atoms with Crippen LogP contribution in [0.3, 0.4) is 0 Å². The topological polar surface area (TPSA) is 78.9 Å². The summed E-state index contributed by atoms with van der Waals surface area (Å²) in [6.07, 6.45) is 4.08. The summed E-state index contributed by atoms with van der Waals surface area (Å²) >= 11 is 0. The van der Waals surface area contributed by atoms with Crippen LogP contribution in [-0.2, 0) is 4.79 Å². The minimum absolute atomic E-state index is 0.0324. The molecule has 0 aromatic heterocycles. The first-order chi connectivity index (χ1) is 7.67. The Kier molecular flexibility index (Phi) is 3.03. The van der Waals surface area contributed by atoms with Gasteiger partial charge >= 0.3 is 0 Å². The molecule has 5 nitrogen and oxygen atoms in total. The van der Waals surface area contributed by atoms with Crippen LogP contribution in [0, 0.1) is 11.8 Å². The van der Waals surface area contributed by atoms with Crippen molar-refractivity contribution in [3.8, 4) is 0 Å². The maximum absolute atomic E-state index is 12.2. The van der Waals surface area contributed by atoms with Crippen LogP contribution in [0.25, 0.3) is 0 Å². The standard InChI is InChI=1S/C11H19N3O2/c1-2-9(10(12)13-16)11(15)14-6-7-3-4-8(14)5-7/h7-9,16H,2-6H2,1H3,(H2,12,13). The minimum atomic E-state index is -0.454. The second-order valence-electron chi connectivity index (χ2n) is 4.81. The van der Waals surface area contributed by atoms with Crippen molar-refractivity contribution in [3.63, 3.8) is 0 Å². The largest absolute Gasteiger partial charge is 0.409 e. The van der Waals surface area contributed by atoms with Gasteiger partial charge in [-0.25, -0.2) is 0 Å². The number of carbonyl (C=O) groups is 1. The van der Waals surface area contributed by atoms with Crippen LogP contribution in [0.2, 0.25) is 0 Å². The molecular weight excluding hydrogens is 206 g/mol. The number of nitrogens with two attached hydrogens (primary N) is 1. The lowest BCUT2D eigenvalue weighted by Gasteiger charge is -2.30. The van der Waals surface area contributed by atoms with E-state index in [2.05, 4.69) is 5.16 Å². The molecule has 2 bridgehead atoms. The summed E-state index contributed by atoms with van der Waals surface area (Å²) in [5.41, 5.74) is 5.55. The van der Waals surface area contributed by atoms with Crippen LogP contribution in [-0.4, -0.2) is 34.4 Å². The molecule has 1 saturated carbocycles. The van der Waals surface area contributed by atoms with Crippen LogP contribution in [0.15, 0.2) is 5.16 Å². The second-order valence-corrected chi connectivity index (χ2v) is 4.81. The Morgan fingerprint density at radius 1 is 1.62 bits per heavy atom. The number of piperidine rings is 1. The SMILES string of the molecule is CCC(C(=O)N1CC2CCC1C2)C(N)=NO. The molecular formula is C11H19N3O2. The highest BCUT2D eigenvalue weighted by molar-refractivity contribution is 6.02. The molecule has 2 fully saturated rings. The van der Waals surface area contributed by atoms with Crippen molar-refractivity contribution < 1.29 is 10.0 Å². The van der Waals surface area contributed by atoms with Gasteiger partial charge in [0.05, 0.1) is 5.92 Å². The average Bonchev–Trinajstić information content (AvgIpc) is 2.91. The lowest BCUT2D eigenvalue weighted by Crippen LogP contribution is -2.45. The summed E-state index contributed by atoms with van der Waals surface area (Å²) in [6.45, 7) is 2.74. The van der Waals surface area contributed by atoms with E-state index in [4.69, 9.17) is 10.9 Å². The van der Waals surface area contributed by atoms with Gasteiger partial charge in [0.15, 0.2) is 5.84 Å². The van der Waals surface area contributed by atoms with Crippen molar-refractivity contribution >= 4 is 11.7 Å². The van der Waals surface area contributed by atoms with Gasteiger partial charge in [0, 0.05) is 12.6 Å². The monoisotopic (exact) mass is 225 g/mol. The molecule has 1 aliphatic carbocycles. The molecule has 3 atom stereocenters. The maximum Gasteiger partial charge on any atom is 0.233 e. The average molecular weight is 225 g/mol. The number of oxime groups is 1. The molecule has 2 rings (SSSR count). The molecule has 1 saturated heterocycles. The zero-order chi connectivity index (χ0) is 11.7. The number of amides is 1. The Morgan fingerprint density at radius 3 is 2.81 bits per heavy atom. The fourth-order valence-electron chi connectivity index (χ4n) is 2.97. The van der Waals surface area contributed by atoms with Crippen LogP contribution >= 0.6 is 0 Å². The number of hydrogen-bond acceptors (Lipinski definition) is 3. The van der Waals surface area contributed by atoms with E-state index in [-0.39, 0.29) is 11.7 Å². The Labute approximate surface area is 95.3 Å². The van der Waals surface area contributed by atoms with Gasteiger partial charge in [0.25, 0.3) is 0 Å². The lowest BCUT2D eigenvalue weighted by molar-refractivity contribution is -0.135. The van der Waals surface area contributed by atoms with E-state index >= 15 is 0 Å². The molecule has 90 valence electrons. The van der Waals surface area contributed by atoms with Crippen molar-refractivity contribution in [1.82, 2.24) is 4.90 Å². The third kappa shape index (κ3) is 1.74. The van der Waals surface area contributed by atoms with Gasteiger partial charge < -0.3 is 15.8 Å². The summed E-state index contributed by atoms with van der Waals surface area (Å²) in [7, 11) is 0. The maximum atomic E-state index is 12.2. The van der Waals surface area contributed by atoms with Crippen LogP contribution in [0.5, 0.6) is 0 Å². The summed E-state index contributed by atoms with van der Waals surface area (Å²) in [6, 6.07) is 0.401. The van der Waals surface area contributed by atoms with Gasteiger partial charge in [-0.15, -0.1) is 0 Å². The van der Waals surface area contributed by atoms with Crippen LogP contribution in [0.4, 0.5) is 0 Å². The first-order valence-electron chi connectivity index (χ1n) is 5.95. The molecule has 1 amide bonds. The van der Waals surface area contributed by atoms with Crippen molar-refractivity contribution in [2.24, 2.45) is 22.7 Å². The number of rotatable bonds is 3. The van der Waals surface area contributed by atoms with E-state index in [0.717, 1.165) is 19.4 Å². The number of carbonyl (C=O) groups excluding carboxylic acids is 1. The predicted octanol–water partition coefficient (Wildman–Crippen LogP) is 0.770. The van der Waals surface area contributed by atoms with E-state index in [1.807, 2.05) is 11.8 Å². The highest BCUT2D eigenvalue weighted by Crippen LogP contribution is 2.38. The third-order valence-electron chi connectivity index (χ3n) is 3.87. The molecule has 3 N–H and O–H groups in total. The summed E-state index contributed by atoms with van der Waals surface area (Å²) < 4.78 is 0. The lowest BCUT2D eigenvalue weighted by atomic mass is 10.0. The zero-order valence-electron chi connectivity index (χ0n) is 9.59. The van der Waals surface area contributed by atoms with Crippen molar-refractivity contribution in [3.05, 3.63) is 0 Å². The first-order valence-corrected chi connectivity index (χ1v) is 5.95. The van der Waals surface area contributed by atoms with Gasteiger partial charge in [-0.05, 0) is 31.6 Å². The Bertz CT molecular complexity index is 316. The van der Waals surface area contributed by atoms with Gasteiger partial charge in [-0.2, -0.15) is 0 Å². The molecule has 0 spiro atoms. The van der Waals surface area contributed by atoms with Gasteiger partial charge in [-0.3, -0.25) is 4.79 Å². The van der Waals surface area contributed by atoms with E-state index < -0.39 is 5.92 Å². The summed E-state index contributed by atoms with van der Waals surface area (Å²) in [5.74, 6) is 0.295.